The molecule has 2 aromatic rings. The van der Waals surface area contributed by atoms with Crippen LogP contribution in [0.2, 0.25) is 0 Å². The summed E-state index contributed by atoms with van der Waals surface area (Å²) in [5.41, 5.74) is 5.00. The zero-order valence-electron chi connectivity index (χ0n) is 12.6. The third-order valence-corrected chi connectivity index (χ3v) is 5.57. The van der Waals surface area contributed by atoms with Gasteiger partial charge in [0.05, 0.1) is 22.4 Å². The molecule has 1 saturated heterocycles. The molecule has 2 atom stereocenters. The second-order valence-corrected chi connectivity index (χ2v) is 6.90. The Labute approximate surface area is 129 Å². The molecule has 1 saturated carbocycles. The predicted octanol–water partition coefficient (Wildman–Crippen LogP) is 3.23. The van der Waals surface area contributed by atoms with E-state index in [4.69, 9.17) is 9.97 Å². The van der Waals surface area contributed by atoms with Gasteiger partial charge in [-0.05, 0) is 50.3 Å². The Kier molecular flexibility index (Phi) is 2.58. The maximum atomic E-state index is 12.5. The summed E-state index contributed by atoms with van der Waals surface area (Å²) in [4.78, 5) is 24.2. The van der Waals surface area contributed by atoms with Gasteiger partial charge in [0, 0.05) is 30.5 Å². The zero-order chi connectivity index (χ0) is 14.7. The van der Waals surface area contributed by atoms with Crippen LogP contribution in [0.25, 0.3) is 11.0 Å². The van der Waals surface area contributed by atoms with Gasteiger partial charge in [-0.3, -0.25) is 4.79 Å². The summed E-state index contributed by atoms with van der Waals surface area (Å²) in [6, 6.07) is 5.82. The van der Waals surface area contributed by atoms with Crippen LogP contribution in [0.15, 0.2) is 18.2 Å². The molecule has 1 aromatic carbocycles. The predicted molar refractivity (Wildman–Crippen MR) is 84.0 cm³/mol. The third kappa shape index (κ3) is 1.73. The first-order valence-corrected chi connectivity index (χ1v) is 8.40. The number of likely N-dealkylation sites (tertiary alicyclic amines) is 1. The van der Waals surface area contributed by atoms with Crippen LogP contribution in [0.5, 0.6) is 0 Å². The van der Waals surface area contributed by atoms with Gasteiger partial charge in [0.2, 0.25) is 0 Å². The summed E-state index contributed by atoms with van der Waals surface area (Å²) in [6.45, 7) is 1.77. The molecule has 5 rings (SSSR count). The maximum absolute atomic E-state index is 12.5. The molecule has 1 aliphatic heterocycles. The summed E-state index contributed by atoms with van der Waals surface area (Å²) < 4.78 is 0. The van der Waals surface area contributed by atoms with Crippen molar-refractivity contribution in [3.63, 3.8) is 0 Å². The van der Waals surface area contributed by atoms with Gasteiger partial charge >= 0.3 is 0 Å². The number of benzene rings is 1. The van der Waals surface area contributed by atoms with E-state index in [0.717, 1.165) is 42.5 Å². The quantitative estimate of drug-likeness (QED) is 0.811. The van der Waals surface area contributed by atoms with Crippen LogP contribution in [-0.2, 0) is 0 Å². The Bertz CT molecular complexity index is 779. The Morgan fingerprint density at radius 1 is 1.00 bits per heavy atom. The SMILES string of the molecule is O=C(c1ccc2nc3c(nc2c1)C1CCC3C1)N1CCCC1. The minimum absolute atomic E-state index is 0.142. The number of hydrogen-bond donors (Lipinski definition) is 0. The summed E-state index contributed by atoms with van der Waals surface area (Å²) in [5.74, 6) is 1.38. The van der Waals surface area contributed by atoms with Crippen LogP contribution >= 0.6 is 0 Å². The van der Waals surface area contributed by atoms with Gasteiger partial charge in [-0.25, -0.2) is 9.97 Å². The summed E-state index contributed by atoms with van der Waals surface area (Å²) in [7, 11) is 0. The van der Waals surface area contributed by atoms with E-state index in [0.29, 0.717) is 11.8 Å². The fourth-order valence-corrected chi connectivity index (χ4v) is 4.40. The standard InChI is InChI=1S/C18H19N3O/c22-18(21-7-1-2-8-21)13-5-6-14-15(10-13)20-17-12-4-3-11(9-12)16(17)19-14/h5-6,10-12H,1-4,7-9H2. The van der Waals surface area contributed by atoms with Crippen LogP contribution in [0.1, 0.15) is 65.7 Å². The Morgan fingerprint density at radius 3 is 2.41 bits per heavy atom. The lowest BCUT2D eigenvalue weighted by Gasteiger charge is -2.16. The monoisotopic (exact) mass is 293 g/mol. The maximum Gasteiger partial charge on any atom is 0.253 e. The van der Waals surface area contributed by atoms with Crippen molar-refractivity contribution in [1.82, 2.24) is 14.9 Å². The Balaban J connectivity index is 1.57. The van der Waals surface area contributed by atoms with Gasteiger partial charge in [0.15, 0.2) is 0 Å². The molecule has 1 amide bonds. The van der Waals surface area contributed by atoms with E-state index < -0.39 is 0 Å². The highest BCUT2D eigenvalue weighted by Gasteiger charge is 2.39. The molecule has 2 unspecified atom stereocenters. The minimum atomic E-state index is 0.142. The van der Waals surface area contributed by atoms with E-state index in [2.05, 4.69) is 0 Å². The van der Waals surface area contributed by atoms with Gasteiger partial charge in [-0.1, -0.05) is 0 Å². The lowest BCUT2D eigenvalue weighted by atomic mass is 10.00. The molecular formula is C18H19N3O. The smallest absolute Gasteiger partial charge is 0.253 e. The number of aromatic nitrogens is 2. The van der Waals surface area contributed by atoms with Crippen molar-refractivity contribution in [2.24, 2.45) is 0 Å². The third-order valence-electron chi connectivity index (χ3n) is 5.57. The van der Waals surface area contributed by atoms with Crippen molar-refractivity contribution in [2.75, 3.05) is 13.1 Å². The average molecular weight is 293 g/mol. The van der Waals surface area contributed by atoms with Crippen LogP contribution < -0.4 is 0 Å². The number of rotatable bonds is 1. The van der Waals surface area contributed by atoms with Crippen LogP contribution in [0, 0.1) is 0 Å². The summed E-state index contributed by atoms with van der Waals surface area (Å²) in [6.07, 6.45) is 5.99. The second-order valence-electron chi connectivity index (χ2n) is 6.90. The topological polar surface area (TPSA) is 46.1 Å². The van der Waals surface area contributed by atoms with Crippen molar-refractivity contribution in [3.05, 3.63) is 35.2 Å². The molecule has 4 heteroatoms. The first-order chi connectivity index (χ1) is 10.8. The number of hydrogen-bond acceptors (Lipinski definition) is 3. The number of amides is 1. The summed E-state index contributed by atoms with van der Waals surface area (Å²) >= 11 is 0. The lowest BCUT2D eigenvalue weighted by Crippen LogP contribution is -2.27. The van der Waals surface area contributed by atoms with Crippen LogP contribution in [0.3, 0.4) is 0 Å². The van der Waals surface area contributed by atoms with Crippen molar-refractivity contribution < 1.29 is 4.79 Å². The summed E-state index contributed by atoms with van der Waals surface area (Å²) in [5, 5.41) is 0. The number of fused-ring (bicyclic) bond motifs is 6. The molecule has 2 bridgehead atoms. The van der Waals surface area contributed by atoms with Gasteiger partial charge in [-0.15, -0.1) is 0 Å². The second kappa shape index (κ2) is 4.51. The van der Waals surface area contributed by atoms with E-state index >= 15 is 0 Å². The van der Waals surface area contributed by atoms with Crippen LogP contribution in [-0.4, -0.2) is 33.9 Å². The Hall–Kier alpha value is -1.97. The molecule has 2 aliphatic carbocycles. The molecular weight excluding hydrogens is 274 g/mol. The van der Waals surface area contributed by atoms with Crippen molar-refractivity contribution in [3.8, 4) is 0 Å². The average Bonchev–Trinajstić information content (AvgIpc) is 3.28. The highest BCUT2D eigenvalue weighted by atomic mass is 16.2. The van der Waals surface area contributed by atoms with Gasteiger partial charge in [0.25, 0.3) is 5.91 Å². The van der Waals surface area contributed by atoms with E-state index in [-0.39, 0.29) is 5.91 Å². The van der Waals surface area contributed by atoms with Crippen molar-refractivity contribution in [2.45, 2.75) is 43.9 Å². The molecule has 3 aliphatic rings. The molecule has 2 heterocycles. The molecule has 22 heavy (non-hydrogen) atoms. The fraction of sp³-hybridized carbons (Fsp3) is 0.500. The number of carbonyl (C=O) groups excluding carboxylic acids is 1. The minimum Gasteiger partial charge on any atom is -0.339 e. The lowest BCUT2D eigenvalue weighted by molar-refractivity contribution is 0.0793. The molecule has 112 valence electrons. The van der Waals surface area contributed by atoms with E-state index in [1.807, 2.05) is 23.1 Å². The number of carbonyl (C=O) groups is 1. The molecule has 2 fully saturated rings. The fourth-order valence-electron chi connectivity index (χ4n) is 4.40. The molecule has 1 aromatic heterocycles. The first-order valence-electron chi connectivity index (χ1n) is 8.40. The molecule has 4 nitrogen and oxygen atoms in total. The van der Waals surface area contributed by atoms with Crippen molar-refractivity contribution >= 4 is 16.9 Å². The Morgan fingerprint density at radius 2 is 1.68 bits per heavy atom. The highest BCUT2D eigenvalue weighted by molar-refractivity contribution is 5.97. The van der Waals surface area contributed by atoms with E-state index in [1.54, 1.807) is 0 Å². The highest BCUT2D eigenvalue weighted by Crippen LogP contribution is 2.51. The van der Waals surface area contributed by atoms with E-state index in [1.165, 1.54) is 30.7 Å². The molecule has 0 N–H and O–H groups in total. The number of nitrogens with zero attached hydrogens (tertiary/aromatic N) is 3. The normalized spacial score (nSPS) is 25.9. The zero-order valence-corrected chi connectivity index (χ0v) is 12.6. The van der Waals surface area contributed by atoms with Crippen LogP contribution in [0.4, 0.5) is 0 Å². The van der Waals surface area contributed by atoms with Crippen molar-refractivity contribution in [1.29, 1.82) is 0 Å². The van der Waals surface area contributed by atoms with Gasteiger partial charge in [-0.2, -0.15) is 0 Å². The first kappa shape index (κ1) is 12.6. The van der Waals surface area contributed by atoms with Gasteiger partial charge < -0.3 is 4.90 Å². The van der Waals surface area contributed by atoms with Gasteiger partial charge in [0.1, 0.15) is 0 Å². The largest absolute Gasteiger partial charge is 0.339 e. The molecule has 0 spiro atoms. The molecule has 0 radical (unpaired) electrons. The van der Waals surface area contributed by atoms with E-state index in [9.17, 15) is 4.79 Å².